The van der Waals surface area contributed by atoms with Crippen molar-refractivity contribution in [3.05, 3.63) is 54.1 Å². The molecular weight excluding hydrogens is 182 g/mol. The van der Waals surface area contributed by atoms with Crippen LogP contribution in [0.5, 0.6) is 0 Å². The standard InChI is InChI=1S/C14H13N/c1-2-5-11(6-3-1)13-8-4-7-12-9-10-15-14(12)13/h1-8,15H,9-10H2. The molecule has 1 heteroatoms. The van der Waals surface area contributed by atoms with Gasteiger partial charge in [0.1, 0.15) is 0 Å². The van der Waals surface area contributed by atoms with Crippen molar-refractivity contribution in [3.8, 4) is 11.1 Å². The highest BCUT2D eigenvalue weighted by molar-refractivity contribution is 5.81. The minimum Gasteiger partial charge on any atom is -0.384 e. The van der Waals surface area contributed by atoms with Crippen molar-refractivity contribution in [1.82, 2.24) is 0 Å². The van der Waals surface area contributed by atoms with Crippen molar-refractivity contribution < 1.29 is 0 Å². The third-order valence-electron chi connectivity index (χ3n) is 2.93. The molecule has 0 bridgehead atoms. The molecule has 0 amide bonds. The molecule has 0 saturated carbocycles. The fourth-order valence-electron chi connectivity index (χ4n) is 2.20. The van der Waals surface area contributed by atoms with Crippen molar-refractivity contribution in [1.29, 1.82) is 0 Å². The summed E-state index contributed by atoms with van der Waals surface area (Å²) in [5.74, 6) is 0. The zero-order chi connectivity index (χ0) is 10.1. The molecule has 74 valence electrons. The first-order valence-electron chi connectivity index (χ1n) is 5.36. The molecule has 0 radical (unpaired) electrons. The van der Waals surface area contributed by atoms with Gasteiger partial charge in [-0.25, -0.2) is 0 Å². The van der Waals surface area contributed by atoms with E-state index in [1.807, 2.05) is 0 Å². The van der Waals surface area contributed by atoms with Crippen LogP contribution in [-0.2, 0) is 6.42 Å². The largest absolute Gasteiger partial charge is 0.384 e. The van der Waals surface area contributed by atoms with Gasteiger partial charge in [0.05, 0.1) is 0 Å². The van der Waals surface area contributed by atoms with Crippen LogP contribution >= 0.6 is 0 Å². The number of rotatable bonds is 1. The van der Waals surface area contributed by atoms with Crippen LogP contribution in [0, 0.1) is 0 Å². The van der Waals surface area contributed by atoms with Gasteiger partial charge in [0, 0.05) is 17.8 Å². The molecule has 3 rings (SSSR count). The molecule has 2 aromatic carbocycles. The quantitative estimate of drug-likeness (QED) is 0.736. The lowest BCUT2D eigenvalue weighted by atomic mass is 10.0. The summed E-state index contributed by atoms with van der Waals surface area (Å²) in [6.07, 6.45) is 1.15. The Morgan fingerprint density at radius 1 is 0.867 bits per heavy atom. The van der Waals surface area contributed by atoms with E-state index in [0.29, 0.717) is 0 Å². The summed E-state index contributed by atoms with van der Waals surface area (Å²) >= 11 is 0. The first-order valence-corrected chi connectivity index (χ1v) is 5.36. The van der Waals surface area contributed by atoms with Gasteiger partial charge in [0.25, 0.3) is 0 Å². The van der Waals surface area contributed by atoms with Crippen LogP contribution in [0.1, 0.15) is 5.56 Å². The summed E-state index contributed by atoms with van der Waals surface area (Å²) in [6, 6.07) is 17.1. The summed E-state index contributed by atoms with van der Waals surface area (Å²) < 4.78 is 0. The third-order valence-corrected chi connectivity index (χ3v) is 2.93. The molecule has 0 aliphatic carbocycles. The smallest absolute Gasteiger partial charge is 0.0453 e. The Hall–Kier alpha value is -1.76. The molecule has 0 atom stereocenters. The van der Waals surface area contributed by atoms with Crippen LogP contribution in [0.4, 0.5) is 5.69 Å². The Kier molecular flexibility index (Phi) is 1.95. The number of anilines is 1. The van der Waals surface area contributed by atoms with Gasteiger partial charge >= 0.3 is 0 Å². The number of nitrogens with one attached hydrogen (secondary N) is 1. The maximum absolute atomic E-state index is 3.47. The topological polar surface area (TPSA) is 12.0 Å². The van der Waals surface area contributed by atoms with Gasteiger partial charge in [-0.3, -0.25) is 0 Å². The molecule has 1 N–H and O–H groups in total. The van der Waals surface area contributed by atoms with Crippen molar-refractivity contribution in [2.75, 3.05) is 11.9 Å². The van der Waals surface area contributed by atoms with Gasteiger partial charge in [-0.2, -0.15) is 0 Å². The van der Waals surface area contributed by atoms with Gasteiger partial charge in [-0.1, -0.05) is 48.5 Å². The molecular formula is C14H13N. The molecule has 0 unspecified atom stereocenters. The van der Waals surface area contributed by atoms with Gasteiger partial charge in [-0.15, -0.1) is 0 Å². The molecule has 1 heterocycles. The summed E-state index contributed by atoms with van der Waals surface area (Å²) in [5, 5.41) is 3.47. The lowest BCUT2D eigenvalue weighted by Gasteiger charge is -2.08. The monoisotopic (exact) mass is 195 g/mol. The van der Waals surface area contributed by atoms with Crippen molar-refractivity contribution >= 4 is 5.69 Å². The van der Waals surface area contributed by atoms with E-state index < -0.39 is 0 Å². The zero-order valence-corrected chi connectivity index (χ0v) is 8.53. The van der Waals surface area contributed by atoms with E-state index in [1.54, 1.807) is 0 Å². The average Bonchev–Trinajstić information content (AvgIpc) is 2.78. The lowest BCUT2D eigenvalue weighted by Crippen LogP contribution is -1.93. The summed E-state index contributed by atoms with van der Waals surface area (Å²) in [4.78, 5) is 0. The summed E-state index contributed by atoms with van der Waals surface area (Å²) in [5.41, 5.74) is 5.38. The van der Waals surface area contributed by atoms with E-state index in [9.17, 15) is 0 Å². The SMILES string of the molecule is c1ccc(-c2cccc3c2NCC3)cc1. The molecule has 2 aromatic rings. The van der Waals surface area contributed by atoms with Crippen LogP contribution in [0.3, 0.4) is 0 Å². The van der Waals surface area contributed by atoms with Crippen molar-refractivity contribution in [2.24, 2.45) is 0 Å². The van der Waals surface area contributed by atoms with Gasteiger partial charge in [0.15, 0.2) is 0 Å². The van der Waals surface area contributed by atoms with E-state index in [4.69, 9.17) is 0 Å². The second-order valence-corrected chi connectivity index (χ2v) is 3.88. The van der Waals surface area contributed by atoms with Crippen LogP contribution in [0.25, 0.3) is 11.1 Å². The number of benzene rings is 2. The summed E-state index contributed by atoms with van der Waals surface area (Å²) in [7, 11) is 0. The second kappa shape index (κ2) is 3.43. The fraction of sp³-hybridized carbons (Fsp3) is 0.143. The van der Waals surface area contributed by atoms with Crippen LogP contribution in [0.15, 0.2) is 48.5 Å². The minimum absolute atomic E-state index is 1.07. The Balaban J connectivity index is 2.17. The van der Waals surface area contributed by atoms with E-state index in [1.165, 1.54) is 22.4 Å². The van der Waals surface area contributed by atoms with Crippen LogP contribution in [0.2, 0.25) is 0 Å². The normalized spacial score (nSPS) is 13.3. The maximum Gasteiger partial charge on any atom is 0.0453 e. The lowest BCUT2D eigenvalue weighted by molar-refractivity contribution is 1.11. The average molecular weight is 195 g/mol. The summed E-state index contributed by atoms with van der Waals surface area (Å²) in [6.45, 7) is 1.07. The van der Waals surface area contributed by atoms with E-state index in [-0.39, 0.29) is 0 Å². The molecule has 0 aromatic heterocycles. The number of hydrogen-bond donors (Lipinski definition) is 1. The highest BCUT2D eigenvalue weighted by Gasteiger charge is 2.13. The Bertz CT molecular complexity index is 474. The van der Waals surface area contributed by atoms with Crippen molar-refractivity contribution in [2.45, 2.75) is 6.42 Å². The predicted molar refractivity (Wildman–Crippen MR) is 64.1 cm³/mol. The van der Waals surface area contributed by atoms with E-state index in [2.05, 4.69) is 53.8 Å². The van der Waals surface area contributed by atoms with E-state index >= 15 is 0 Å². The molecule has 0 spiro atoms. The van der Waals surface area contributed by atoms with Crippen LogP contribution in [-0.4, -0.2) is 6.54 Å². The Morgan fingerprint density at radius 2 is 1.73 bits per heavy atom. The Labute approximate surface area is 89.8 Å². The molecule has 1 nitrogen and oxygen atoms in total. The van der Waals surface area contributed by atoms with Gasteiger partial charge < -0.3 is 5.32 Å². The first-order chi connectivity index (χ1) is 7.45. The number of hydrogen-bond acceptors (Lipinski definition) is 1. The zero-order valence-electron chi connectivity index (χ0n) is 8.53. The van der Waals surface area contributed by atoms with Crippen molar-refractivity contribution in [3.63, 3.8) is 0 Å². The van der Waals surface area contributed by atoms with Gasteiger partial charge in [-0.05, 0) is 17.5 Å². The number of fused-ring (bicyclic) bond motifs is 1. The maximum atomic E-state index is 3.47. The molecule has 1 aliphatic heterocycles. The first kappa shape index (κ1) is 8.54. The van der Waals surface area contributed by atoms with E-state index in [0.717, 1.165) is 13.0 Å². The van der Waals surface area contributed by atoms with Gasteiger partial charge in [0.2, 0.25) is 0 Å². The second-order valence-electron chi connectivity index (χ2n) is 3.88. The highest BCUT2D eigenvalue weighted by Crippen LogP contribution is 2.33. The third kappa shape index (κ3) is 1.40. The Morgan fingerprint density at radius 3 is 2.60 bits per heavy atom. The highest BCUT2D eigenvalue weighted by atomic mass is 14.9. The molecule has 0 fully saturated rings. The van der Waals surface area contributed by atoms with Crippen LogP contribution < -0.4 is 5.32 Å². The fourth-order valence-corrected chi connectivity index (χ4v) is 2.20. The molecule has 1 aliphatic rings. The minimum atomic E-state index is 1.07. The molecule has 15 heavy (non-hydrogen) atoms. The predicted octanol–water partition coefficient (Wildman–Crippen LogP) is 3.32. The number of para-hydroxylation sites is 1. The molecule has 0 saturated heterocycles.